The number of phenols is 1. The van der Waals surface area contributed by atoms with Gasteiger partial charge in [-0.3, -0.25) is 0 Å². The van der Waals surface area contributed by atoms with E-state index < -0.39 is 9.84 Å². The molecule has 2 aromatic carbocycles. The number of halogens is 1. The minimum Gasteiger partial charge on any atom is -0.507 e. The minimum absolute atomic E-state index is 0.0748. The van der Waals surface area contributed by atoms with Gasteiger partial charge in [0.2, 0.25) is 0 Å². The first kappa shape index (κ1) is 24.1. The number of benzene rings is 2. The van der Waals surface area contributed by atoms with Crippen LogP contribution in [0.4, 0.5) is 10.5 Å². The standard InChI is InChI=1S/C24H27ClN4O4S/c1-34(32,33)20-9-7-19(8-10-20)28-24(31)27-18-5-2-16(3-6-18)14-29-15-26-13-22(29)21-12-17(25)4-11-23(21)30/h4,7-13,15-16,18,30H,2-3,5-6,14H2,1H3,(H2,27,28,31). The molecule has 1 aliphatic carbocycles. The second kappa shape index (κ2) is 10.1. The van der Waals surface area contributed by atoms with Crippen LogP contribution in [0.5, 0.6) is 5.75 Å². The number of rotatable bonds is 6. The maximum atomic E-state index is 12.4. The van der Waals surface area contributed by atoms with Crippen LogP contribution < -0.4 is 10.6 Å². The van der Waals surface area contributed by atoms with Crippen LogP contribution in [0.2, 0.25) is 5.02 Å². The molecular weight excluding hydrogens is 476 g/mol. The van der Waals surface area contributed by atoms with Crippen LogP contribution in [0, 0.1) is 5.92 Å². The lowest BCUT2D eigenvalue weighted by atomic mass is 9.86. The number of hydrogen-bond donors (Lipinski definition) is 3. The predicted octanol–water partition coefficient (Wildman–Crippen LogP) is 4.69. The fourth-order valence-corrected chi connectivity index (χ4v) is 5.11. The molecule has 0 aliphatic heterocycles. The van der Waals surface area contributed by atoms with Crippen molar-refractivity contribution in [3.05, 3.63) is 60.0 Å². The van der Waals surface area contributed by atoms with E-state index in [1.807, 2.05) is 4.57 Å². The number of urea groups is 1. The fourth-order valence-electron chi connectivity index (χ4n) is 4.31. The number of aromatic nitrogens is 2. The predicted molar refractivity (Wildman–Crippen MR) is 132 cm³/mol. The molecule has 0 bridgehead atoms. The van der Waals surface area contributed by atoms with Gasteiger partial charge in [-0.25, -0.2) is 18.2 Å². The van der Waals surface area contributed by atoms with E-state index in [-0.39, 0.29) is 22.7 Å². The van der Waals surface area contributed by atoms with E-state index >= 15 is 0 Å². The summed E-state index contributed by atoms with van der Waals surface area (Å²) in [6.45, 7) is 0.771. The van der Waals surface area contributed by atoms with Crippen molar-refractivity contribution < 1.29 is 18.3 Å². The highest BCUT2D eigenvalue weighted by Gasteiger charge is 2.24. The molecule has 1 saturated carbocycles. The molecule has 4 rings (SSSR count). The molecule has 0 atom stereocenters. The van der Waals surface area contributed by atoms with Crippen LogP contribution in [-0.2, 0) is 16.4 Å². The van der Waals surface area contributed by atoms with Crippen molar-refractivity contribution in [1.82, 2.24) is 14.9 Å². The molecule has 34 heavy (non-hydrogen) atoms. The summed E-state index contributed by atoms with van der Waals surface area (Å²) in [7, 11) is -3.27. The van der Waals surface area contributed by atoms with Crippen molar-refractivity contribution in [2.24, 2.45) is 5.92 Å². The molecule has 10 heteroatoms. The highest BCUT2D eigenvalue weighted by atomic mass is 35.5. The Bertz CT molecular complexity index is 1270. The summed E-state index contributed by atoms with van der Waals surface area (Å²) in [6.07, 6.45) is 8.26. The zero-order valence-electron chi connectivity index (χ0n) is 18.7. The molecule has 0 radical (unpaired) electrons. The molecule has 0 unspecified atom stereocenters. The molecule has 8 nitrogen and oxygen atoms in total. The van der Waals surface area contributed by atoms with Crippen LogP contribution in [-0.4, -0.2) is 41.4 Å². The maximum absolute atomic E-state index is 12.4. The third-order valence-corrected chi connectivity index (χ3v) is 7.49. The molecular formula is C24H27ClN4O4S. The number of nitrogens with zero attached hydrogens (tertiary/aromatic N) is 2. The Kier molecular flexibility index (Phi) is 7.13. The Hall–Kier alpha value is -3.04. The molecule has 0 spiro atoms. The van der Waals surface area contributed by atoms with Gasteiger partial charge in [-0.15, -0.1) is 0 Å². The maximum Gasteiger partial charge on any atom is 0.319 e. The third kappa shape index (κ3) is 5.90. The smallest absolute Gasteiger partial charge is 0.319 e. The Morgan fingerprint density at radius 3 is 2.53 bits per heavy atom. The highest BCUT2D eigenvalue weighted by molar-refractivity contribution is 7.90. The molecule has 2 amide bonds. The first-order chi connectivity index (χ1) is 16.2. The average Bonchev–Trinajstić information content (AvgIpc) is 3.24. The van der Waals surface area contributed by atoms with E-state index in [1.165, 1.54) is 12.1 Å². The first-order valence-corrected chi connectivity index (χ1v) is 13.3. The summed E-state index contributed by atoms with van der Waals surface area (Å²) < 4.78 is 25.1. The van der Waals surface area contributed by atoms with Crippen LogP contribution >= 0.6 is 11.6 Å². The Labute approximate surface area is 203 Å². The van der Waals surface area contributed by atoms with Gasteiger partial charge in [-0.05, 0) is 74.1 Å². The van der Waals surface area contributed by atoms with Gasteiger partial charge in [0.1, 0.15) is 5.75 Å². The number of amides is 2. The Balaban J connectivity index is 1.29. The quantitative estimate of drug-likeness (QED) is 0.452. The number of imidazole rings is 1. The topological polar surface area (TPSA) is 113 Å². The number of nitrogens with one attached hydrogen (secondary N) is 2. The number of phenolic OH excluding ortho intramolecular Hbond substituents is 1. The summed E-state index contributed by atoms with van der Waals surface area (Å²) in [5.74, 6) is 0.593. The van der Waals surface area contributed by atoms with Crippen molar-refractivity contribution in [1.29, 1.82) is 0 Å². The molecule has 3 aromatic rings. The largest absolute Gasteiger partial charge is 0.507 e. The number of carbonyl (C=O) groups is 1. The molecule has 1 fully saturated rings. The van der Waals surface area contributed by atoms with Crippen LogP contribution in [0.25, 0.3) is 11.3 Å². The van der Waals surface area contributed by atoms with E-state index in [0.29, 0.717) is 22.2 Å². The van der Waals surface area contributed by atoms with Crippen LogP contribution in [0.3, 0.4) is 0 Å². The first-order valence-electron chi connectivity index (χ1n) is 11.1. The van der Waals surface area contributed by atoms with E-state index in [1.54, 1.807) is 42.9 Å². The second-order valence-electron chi connectivity index (χ2n) is 8.71. The van der Waals surface area contributed by atoms with Gasteiger partial charge in [0.15, 0.2) is 9.84 Å². The normalized spacial score (nSPS) is 18.4. The third-order valence-electron chi connectivity index (χ3n) is 6.12. The minimum atomic E-state index is -3.27. The number of hydrogen-bond acceptors (Lipinski definition) is 5. The average molecular weight is 503 g/mol. The molecule has 3 N–H and O–H groups in total. The van der Waals surface area contributed by atoms with Gasteiger partial charge < -0.3 is 20.3 Å². The monoisotopic (exact) mass is 502 g/mol. The van der Waals surface area contributed by atoms with Gasteiger partial charge in [0.05, 0.1) is 23.1 Å². The zero-order chi connectivity index (χ0) is 24.3. The number of aromatic hydroxyl groups is 1. The van der Waals surface area contributed by atoms with Crippen LogP contribution in [0.15, 0.2) is 59.9 Å². The SMILES string of the molecule is CS(=O)(=O)c1ccc(NC(=O)NC2CCC(Cn3cncc3-c3cc(Cl)ccc3O)CC2)cc1. The fraction of sp³-hybridized carbons (Fsp3) is 0.333. The lowest BCUT2D eigenvalue weighted by Gasteiger charge is -2.29. The molecule has 180 valence electrons. The lowest BCUT2D eigenvalue weighted by molar-refractivity contribution is 0.234. The van der Waals surface area contributed by atoms with Crippen molar-refractivity contribution in [2.75, 3.05) is 11.6 Å². The Morgan fingerprint density at radius 1 is 1.15 bits per heavy atom. The molecule has 0 saturated heterocycles. The number of anilines is 1. The number of carbonyl (C=O) groups excluding carboxylic acids is 1. The summed E-state index contributed by atoms with van der Waals surface area (Å²) in [4.78, 5) is 16.8. The highest BCUT2D eigenvalue weighted by Crippen LogP contribution is 2.33. The summed E-state index contributed by atoms with van der Waals surface area (Å²) in [5, 5.41) is 16.6. The van der Waals surface area contributed by atoms with Gasteiger partial charge in [0.25, 0.3) is 0 Å². The molecule has 1 aliphatic rings. The van der Waals surface area contributed by atoms with E-state index in [4.69, 9.17) is 11.6 Å². The molecule has 1 heterocycles. The second-order valence-corrected chi connectivity index (χ2v) is 11.2. The van der Waals surface area contributed by atoms with Crippen molar-refractivity contribution in [2.45, 2.75) is 43.2 Å². The lowest BCUT2D eigenvalue weighted by Crippen LogP contribution is -2.40. The summed E-state index contributed by atoms with van der Waals surface area (Å²) in [6, 6.07) is 10.8. The molecule has 1 aromatic heterocycles. The van der Waals surface area contributed by atoms with E-state index in [2.05, 4.69) is 15.6 Å². The van der Waals surface area contributed by atoms with Gasteiger partial charge in [-0.1, -0.05) is 11.6 Å². The van der Waals surface area contributed by atoms with Gasteiger partial charge in [-0.2, -0.15) is 0 Å². The Morgan fingerprint density at radius 2 is 1.85 bits per heavy atom. The van der Waals surface area contributed by atoms with Crippen molar-refractivity contribution >= 4 is 33.2 Å². The van der Waals surface area contributed by atoms with Gasteiger partial charge in [0, 0.05) is 35.1 Å². The summed E-state index contributed by atoms with van der Waals surface area (Å²) in [5.41, 5.74) is 2.01. The van der Waals surface area contributed by atoms with Crippen LogP contribution in [0.1, 0.15) is 25.7 Å². The summed E-state index contributed by atoms with van der Waals surface area (Å²) >= 11 is 6.11. The van der Waals surface area contributed by atoms with E-state index in [0.717, 1.165) is 44.2 Å². The van der Waals surface area contributed by atoms with Crippen molar-refractivity contribution in [3.63, 3.8) is 0 Å². The van der Waals surface area contributed by atoms with Gasteiger partial charge >= 0.3 is 6.03 Å². The van der Waals surface area contributed by atoms with E-state index in [9.17, 15) is 18.3 Å². The zero-order valence-corrected chi connectivity index (χ0v) is 20.3. The number of sulfone groups is 1. The van der Waals surface area contributed by atoms with Crippen molar-refractivity contribution in [3.8, 4) is 17.0 Å².